The van der Waals surface area contributed by atoms with E-state index in [4.69, 9.17) is 10.5 Å². The molecule has 0 aliphatic rings. The molecule has 17 heavy (non-hydrogen) atoms. The fourth-order valence-corrected chi connectivity index (χ4v) is 2.96. The topological polar surface area (TPSA) is 35.2 Å². The molecule has 0 saturated heterocycles. The number of benzene rings is 1. The Labute approximate surface area is 106 Å². The van der Waals surface area contributed by atoms with Gasteiger partial charge < -0.3 is 10.5 Å². The van der Waals surface area contributed by atoms with E-state index in [2.05, 4.69) is 37.4 Å². The highest BCUT2D eigenvalue weighted by atomic mass is 32.1. The van der Waals surface area contributed by atoms with Gasteiger partial charge in [0.1, 0.15) is 5.75 Å². The first-order chi connectivity index (χ1) is 8.17. The number of hydrogen-bond donors (Lipinski definition) is 1. The minimum atomic E-state index is 0.594. The van der Waals surface area contributed by atoms with E-state index >= 15 is 0 Å². The summed E-state index contributed by atoms with van der Waals surface area (Å²) in [5.74, 6) is 0.971. The Balaban J connectivity index is 2.54. The zero-order valence-electron chi connectivity index (χ0n) is 10.4. The Morgan fingerprint density at radius 2 is 1.88 bits per heavy atom. The Morgan fingerprint density at radius 1 is 1.24 bits per heavy atom. The van der Waals surface area contributed by atoms with Crippen molar-refractivity contribution in [3.8, 4) is 16.9 Å². The molecule has 0 spiro atoms. The van der Waals surface area contributed by atoms with Gasteiger partial charge in [-0.25, -0.2) is 0 Å². The van der Waals surface area contributed by atoms with Crippen LogP contribution in [-0.2, 0) is 6.54 Å². The number of aryl methyl sites for hydroxylation is 2. The Hall–Kier alpha value is -1.32. The lowest BCUT2D eigenvalue weighted by Gasteiger charge is -2.11. The molecule has 0 unspecified atom stereocenters. The normalized spacial score (nSPS) is 10.6. The van der Waals surface area contributed by atoms with Gasteiger partial charge in [-0.3, -0.25) is 0 Å². The highest BCUT2D eigenvalue weighted by Crippen LogP contribution is 2.33. The van der Waals surface area contributed by atoms with Crippen molar-refractivity contribution >= 4 is 11.3 Å². The Morgan fingerprint density at radius 3 is 2.41 bits per heavy atom. The Bertz CT molecular complexity index is 508. The molecular weight excluding hydrogens is 230 g/mol. The van der Waals surface area contributed by atoms with Crippen LogP contribution in [0.25, 0.3) is 11.1 Å². The summed E-state index contributed by atoms with van der Waals surface area (Å²) in [6, 6.07) is 6.45. The quantitative estimate of drug-likeness (QED) is 0.901. The second kappa shape index (κ2) is 4.90. The number of rotatable bonds is 3. The van der Waals surface area contributed by atoms with Crippen LogP contribution in [0.5, 0.6) is 5.75 Å². The van der Waals surface area contributed by atoms with E-state index in [0.29, 0.717) is 6.54 Å². The summed E-state index contributed by atoms with van der Waals surface area (Å²) < 4.78 is 5.38. The summed E-state index contributed by atoms with van der Waals surface area (Å²) in [5.41, 5.74) is 10.5. The largest absolute Gasteiger partial charge is 0.496 e. The maximum absolute atomic E-state index is 5.75. The van der Waals surface area contributed by atoms with Gasteiger partial charge in [0.05, 0.1) is 7.11 Å². The van der Waals surface area contributed by atoms with E-state index in [1.54, 1.807) is 18.4 Å². The van der Waals surface area contributed by atoms with E-state index in [1.165, 1.54) is 16.0 Å². The molecule has 2 rings (SSSR count). The third kappa shape index (κ3) is 2.21. The van der Waals surface area contributed by atoms with E-state index < -0.39 is 0 Å². The van der Waals surface area contributed by atoms with Crippen molar-refractivity contribution < 1.29 is 4.74 Å². The number of ether oxygens (including phenoxy) is 1. The highest BCUT2D eigenvalue weighted by molar-refractivity contribution is 7.10. The zero-order chi connectivity index (χ0) is 12.4. The summed E-state index contributed by atoms with van der Waals surface area (Å²) in [6.45, 7) is 4.74. The van der Waals surface area contributed by atoms with Gasteiger partial charge in [0, 0.05) is 11.4 Å². The number of methoxy groups -OCH3 is 1. The van der Waals surface area contributed by atoms with Gasteiger partial charge in [-0.05, 0) is 59.7 Å². The molecule has 0 bridgehead atoms. The van der Waals surface area contributed by atoms with Crippen molar-refractivity contribution in [2.24, 2.45) is 5.73 Å². The number of nitrogens with two attached hydrogens (primary N) is 1. The van der Waals surface area contributed by atoms with Crippen LogP contribution in [0.1, 0.15) is 16.0 Å². The SMILES string of the molecule is COc1c(C)cc(-c2ccsc2CN)cc1C. The molecule has 0 atom stereocenters. The number of hydrogen-bond acceptors (Lipinski definition) is 3. The maximum atomic E-state index is 5.75. The summed E-state index contributed by atoms with van der Waals surface area (Å²) in [5, 5.41) is 2.09. The second-order valence-corrected chi connectivity index (χ2v) is 5.11. The van der Waals surface area contributed by atoms with Crippen LogP contribution in [0, 0.1) is 13.8 Å². The van der Waals surface area contributed by atoms with E-state index in [-0.39, 0.29) is 0 Å². The van der Waals surface area contributed by atoms with Crippen molar-refractivity contribution in [3.63, 3.8) is 0 Å². The van der Waals surface area contributed by atoms with Gasteiger partial charge in [-0.2, -0.15) is 0 Å². The standard InChI is InChI=1S/C14H17NOS/c1-9-6-11(7-10(2)14(9)16-3)12-4-5-17-13(12)8-15/h4-7H,8,15H2,1-3H3. The molecule has 0 aliphatic heterocycles. The average Bonchev–Trinajstić information content (AvgIpc) is 2.76. The molecule has 0 radical (unpaired) electrons. The van der Waals surface area contributed by atoms with Gasteiger partial charge in [0.15, 0.2) is 0 Å². The minimum absolute atomic E-state index is 0.594. The van der Waals surface area contributed by atoms with E-state index in [1.807, 2.05) is 0 Å². The van der Waals surface area contributed by atoms with Crippen molar-refractivity contribution in [1.82, 2.24) is 0 Å². The van der Waals surface area contributed by atoms with Gasteiger partial charge in [0.25, 0.3) is 0 Å². The smallest absolute Gasteiger partial charge is 0.124 e. The molecule has 0 fully saturated rings. The summed E-state index contributed by atoms with van der Waals surface area (Å²) >= 11 is 1.71. The van der Waals surface area contributed by atoms with Crippen LogP contribution in [0.4, 0.5) is 0 Å². The molecular formula is C14H17NOS. The fourth-order valence-electron chi connectivity index (χ4n) is 2.18. The average molecular weight is 247 g/mol. The lowest BCUT2D eigenvalue weighted by Crippen LogP contribution is -1.96. The first-order valence-electron chi connectivity index (χ1n) is 5.59. The molecule has 0 amide bonds. The highest BCUT2D eigenvalue weighted by Gasteiger charge is 2.10. The molecule has 0 saturated carbocycles. The molecule has 90 valence electrons. The van der Waals surface area contributed by atoms with Crippen molar-refractivity contribution in [2.75, 3.05) is 7.11 Å². The van der Waals surface area contributed by atoms with Crippen molar-refractivity contribution in [3.05, 3.63) is 39.6 Å². The lowest BCUT2D eigenvalue weighted by molar-refractivity contribution is 0.408. The molecule has 2 nitrogen and oxygen atoms in total. The zero-order valence-corrected chi connectivity index (χ0v) is 11.2. The van der Waals surface area contributed by atoms with E-state index in [9.17, 15) is 0 Å². The molecule has 3 heteroatoms. The van der Waals surface area contributed by atoms with Crippen LogP contribution in [0.3, 0.4) is 0 Å². The lowest BCUT2D eigenvalue weighted by atomic mass is 10.00. The molecule has 1 aromatic carbocycles. The van der Waals surface area contributed by atoms with Gasteiger partial charge in [0.2, 0.25) is 0 Å². The minimum Gasteiger partial charge on any atom is -0.496 e. The van der Waals surface area contributed by atoms with Crippen LogP contribution in [0.2, 0.25) is 0 Å². The van der Waals surface area contributed by atoms with Crippen LogP contribution in [-0.4, -0.2) is 7.11 Å². The first kappa shape index (κ1) is 12.1. The van der Waals surface area contributed by atoms with Crippen LogP contribution >= 0.6 is 11.3 Å². The monoisotopic (exact) mass is 247 g/mol. The third-order valence-corrected chi connectivity index (χ3v) is 3.85. The summed E-state index contributed by atoms with van der Waals surface area (Å²) in [7, 11) is 1.71. The van der Waals surface area contributed by atoms with Gasteiger partial charge in [-0.1, -0.05) is 0 Å². The maximum Gasteiger partial charge on any atom is 0.124 e. The number of thiophene rings is 1. The molecule has 2 aromatic rings. The molecule has 2 N–H and O–H groups in total. The second-order valence-electron chi connectivity index (χ2n) is 4.10. The molecule has 1 heterocycles. The van der Waals surface area contributed by atoms with Crippen molar-refractivity contribution in [1.29, 1.82) is 0 Å². The van der Waals surface area contributed by atoms with Crippen LogP contribution < -0.4 is 10.5 Å². The Kier molecular flexibility index (Phi) is 3.50. The van der Waals surface area contributed by atoms with Gasteiger partial charge >= 0.3 is 0 Å². The first-order valence-corrected chi connectivity index (χ1v) is 6.47. The third-order valence-electron chi connectivity index (χ3n) is 2.91. The summed E-state index contributed by atoms with van der Waals surface area (Å²) in [6.07, 6.45) is 0. The molecule has 0 aliphatic carbocycles. The predicted molar refractivity (Wildman–Crippen MR) is 73.7 cm³/mol. The van der Waals surface area contributed by atoms with Crippen LogP contribution in [0.15, 0.2) is 23.6 Å². The van der Waals surface area contributed by atoms with E-state index in [0.717, 1.165) is 16.9 Å². The van der Waals surface area contributed by atoms with Crippen molar-refractivity contribution in [2.45, 2.75) is 20.4 Å². The predicted octanol–water partition coefficient (Wildman–Crippen LogP) is 3.50. The fraction of sp³-hybridized carbons (Fsp3) is 0.286. The van der Waals surface area contributed by atoms with Gasteiger partial charge in [-0.15, -0.1) is 11.3 Å². The summed E-state index contributed by atoms with van der Waals surface area (Å²) in [4.78, 5) is 1.23. The molecule has 1 aromatic heterocycles.